The van der Waals surface area contributed by atoms with Gasteiger partial charge in [-0.3, -0.25) is 0 Å². The fraction of sp³-hybridized carbons (Fsp3) is 0.471. The highest BCUT2D eigenvalue weighted by Crippen LogP contribution is 2.38. The molecule has 124 valence electrons. The average molecular weight is 352 g/mol. The Morgan fingerprint density at radius 1 is 1.39 bits per heavy atom. The number of likely N-dealkylation sites (N-methyl/N-ethyl adjacent to an activating group) is 1. The van der Waals surface area contributed by atoms with E-state index in [0.717, 1.165) is 35.5 Å². The molecule has 4 nitrogen and oxygen atoms in total. The number of hydrogen-bond donors (Lipinski definition) is 2. The molecule has 0 bridgehead atoms. The van der Waals surface area contributed by atoms with Crippen molar-refractivity contribution in [2.24, 2.45) is 5.92 Å². The Balaban J connectivity index is 1.68. The molecule has 6 heteroatoms. The normalized spacial score (nSPS) is 14.6. The number of benzene rings is 1. The molecule has 0 atom stereocenters. The number of hydrogen-bond acceptors (Lipinski definition) is 4. The molecule has 2 N–H and O–H groups in total. The summed E-state index contributed by atoms with van der Waals surface area (Å²) in [5.41, 5.74) is 2.23. The van der Waals surface area contributed by atoms with Crippen molar-refractivity contribution in [2.45, 2.75) is 19.3 Å². The van der Waals surface area contributed by atoms with Gasteiger partial charge in [0.15, 0.2) is 0 Å². The molecular formula is C17H23N2O2S2+. The van der Waals surface area contributed by atoms with E-state index in [4.69, 9.17) is 4.74 Å². The van der Waals surface area contributed by atoms with Crippen LogP contribution in [0.25, 0.3) is 10.9 Å². The minimum Gasteiger partial charge on any atom is -0.417 e. The third-order valence-electron chi connectivity index (χ3n) is 3.96. The summed E-state index contributed by atoms with van der Waals surface area (Å²) in [6.45, 7) is 1.04. The summed E-state index contributed by atoms with van der Waals surface area (Å²) in [6, 6.07) is 5.82. The zero-order valence-corrected chi connectivity index (χ0v) is 15.2. The summed E-state index contributed by atoms with van der Waals surface area (Å²) < 4.78 is 5.61. The fourth-order valence-electron chi connectivity index (χ4n) is 2.46. The first kappa shape index (κ1) is 16.7. The van der Waals surface area contributed by atoms with Crippen molar-refractivity contribution < 1.29 is 14.4 Å². The van der Waals surface area contributed by atoms with Crippen LogP contribution in [0.5, 0.6) is 5.75 Å². The molecule has 1 heterocycles. The number of H-pyrrole nitrogens is 1. The molecule has 1 aliphatic carbocycles. The number of fused-ring (bicyclic) bond motifs is 1. The summed E-state index contributed by atoms with van der Waals surface area (Å²) in [6.07, 6.45) is 5.60. The van der Waals surface area contributed by atoms with Crippen LogP contribution < -0.4 is 9.64 Å². The van der Waals surface area contributed by atoms with Gasteiger partial charge in [-0.1, -0.05) is 16.9 Å². The monoisotopic (exact) mass is 351 g/mol. The van der Waals surface area contributed by atoms with Crippen LogP contribution in [-0.4, -0.2) is 36.7 Å². The lowest BCUT2D eigenvalue weighted by Gasteiger charge is -2.08. The van der Waals surface area contributed by atoms with E-state index in [9.17, 15) is 4.79 Å². The van der Waals surface area contributed by atoms with Crippen molar-refractivity contribution in [1.82, 2.24) is 4.98 Å². The van der Waals surface area contributed by atoms with Crippen LogP contribution in [0.2, 0.25) is 0 Å². The van der Waals surface area contributed by atoms with Gasteiger partial charge in [-0.25, -0.2) is 4.79 Å². The molecule has 23 heavy (non-hydrogen) atoms. The number of ether oxygens (including phenoxy) is 1. The first-order valence-electron chi connectivity index (χ1n) is 8.03. The van der Waals surface area contributed by atoms with E-state index in [0.29, 0.717) is 5.75 Å². The lowest BCUT2D eigenvalue weighted by Crippen LogP contribution is -3.05. The third kappa shape index (κ3) is 4.68. The van der Waals surface area contributed by atoms with Crippen LogP contribution in [0.3, 0.4) is 0 Å². The lowest BCUT2D eigenvalue weighted by atomic mass is 10.1. The maximum atomic E-state index is 12.1. The summed E-state index contributed by atoms with van der Waals surface area (Å²) in [5.74, 6) is 2.52. The smallest absolute Gasteiger partial charge is 0.383 e. The maximum Gasteiger partial charge on any atom is 0.383 e. The van der Waals surface area contributed by atoms with Gasteiger partial charge in [0.25, 0.3) is 0 Å². The topological polar surface area (TPSA) is 46.5 Å². The summed E-state index contributed by atoms with van der Waals surface area (Å²) in [5, 5.41) is 0.809. The molecule has 0 unspecified atom stereocenters. The maximum absolute atomic E-state index is 12.1. The van der Waals surface area contributed by atoms with Crippen LogP contribution in [0.15, 0.2) is 24.4 Å². The number of quaternary nitrogens is 1. The third-order valence-corrected chi connectivity index (χ3v) is 6.08. The van der Waals surface area contributed by atoms with Gasteiger partial charge in [0, 0.05) is 40.1 Å². The van der Waals surface area contributed by atoms with E-state index in [1.54, 1.807) is 10.8 Å². The molecule has 0 amide bonds. The van der Waals surface area contributed by atoms with E-state index < -0.39 is 0 Å². The second-order valence-corrected chi connectivity index (χ2v) is 8.64. The Kier molecular flexibility index (Phi) is 5.56. The molecule has 0 spiro atoms. The van der Waals surface area contributed by atoms with Crippen molar-refractivity contribution in [3.8, 4) is 5.75 Å². The van der Waals surface area contributed by atoms with Gasteiger partial charge >= 0.3 is 5.30 Å². The van der Waals surface area contributed by atoms with Crippen molar-refractivity contribution >= 4 is 37.8 Å². The quantitative estimate of drug-likeness (QED) is 0.594. The van der Waals surface area contributed by atoms with Gasteiger partial charge in [0.1, 0.15) is 5.75 Å². The second kappa shape index (κ2) is 7.64. The van der Waals surface area contributed by atoms with Gasteiger partial charge in [0.2, 0.25) is 0 Å². The van der Waals surface area contributed by atoms with Crippen LogP contribution >= 0.6 is 21.6 Å². The van der Waals surface area contributed by atoms with Crippen LogP contribution in [0.1, 0.15) is 18.4 Å². The standard InChI is InChI=1S/C17H22N2O2S2/c1-19(2)9-8-13-10-18-14-4-3-5-15(16(13)14)21-17(20)23-22-11-12-6-7-12/h3-5,10,12,18H,6-9,11H2,1-2H3/p+1. The fourth-order valence-corrected chi connectivity index (χ4v) is 4.44. The molecule has 2 aromatic rings. The van der Waals surface area contributed by atoms with Gasteiger partial charge < -0.3 is 14.6 Å². The molecule has 0 saturated heterocycles. The lowest BCUT2D eigenvalue weighted by molar-refractivity contribution is -0.858. The Hall–Kier alpha value is -1.11. The molecule has 0 radical (unpaired) electrons. The molecule has 1 fully saturated rings. The molecule has 1 saturated carbocycles. The van der Waals surface area contributed by atoms with Crippen molar-refractivity contribution in [3.05, 3.63) is 30.0 Å². The van der Waals surface area contributed by atoms with Crippen molar-refractivity contribution in [3.63, 3.8) is 0 Å². The predicted molar refractivity (Wildman–Crippen MR) is 98.5 cm³/mol. The average Bonchev–Trinajstić information content (AvgIpc) is 3.23. The molecule has 0 aliphatic heterocycles. The summed E-state index contributed by atoms with van der Waals surface area (Å²) in [7, 11) is 7.11. The molecule has 1 aromatic carbocycles. The van der Waals surface area contributed by atoms with Crippen molar-refractivity contribution in [2.75, 3.05) is 26.4 Å². The van der Waals surface area contributed by atoms with E-state index in [1.807, 2.05) is 24.4 Å². The Bertz CT molecular complexity index is 680. The minimum absolute atomic E-state index is 0.228. The number of nitrogens with one attached hydrogen (secondary N) is 2. The highest BCUT2D eigenvalue weighted by atomic mass is 33.1. The van der Waals surface area contributed by atoms with E-state index >= 15 is 0 Å². The molecule has 1 aromatic heterocycles. The predicted octanol–water partition coefficient (Wildman–Crippen LogP) is 3.15. The second-order valence-electron chi connectivity index (χ2n) is 6.36. The molecule has 1 aliphatic rings. The molecule has 3 rings (SSSR count). The van der Waals surface area contributed by atoms with Gasteiger partial charge in [0.05, 0.1) is 20.6 Å². The SMILES string of the molecule is C[NH+](C)CCc1c[nH]c2cccc(OC(=O)SSCC3CC3)c12. The van der Waals surface area contributed by atoms with Gasteiger partial charge in [-0.05, 0) is 36.5 Å². The van der Waals surface area contributed by atoms with E-state index in [2.05, 4.69) is 19.1 Å². The number of aromatic amines is 1. The van der Waals surface area contributed by atoms with Crippen LogP contribution in [-0.2, 0) is 6.42 Å². The summed E-state index contributed by atoms with van der Waals surface area (Å²) in [4.78, 5) is 16.7. The van der Waals surface area contributed by atoms with Gasteiger partial charge in [-0.2, -0.15) is 0 Å². The number of carbonyl (C=O) groups excluding carboxylic acids is 1. The highest BCUT2D eigenvalue weighted by molar-refractivity contribution is 8.82. The van der Waals surface area contributed by atoms with Crippen molar-refractivity contribution in [1.29, 1.82) is 0 Å². The largest absolute Gasteiger partial charge is 0.417 e. The van der Waals surface area contributed by atoms with E-state index in [-0.39, 0.29) is 5.30 Å². The van der Waals surface area contributed by atoms with E-state index in [1.165, 1.54) is 34.1 Å². The van der Waals surface area contributed by atoms with Crippen LogP contribution in [0.4, 0.5) is 4.79 Å². The first-order valence-corrected chi connectivity index (χ1v) is 10.3. The summed E-state index contributed by atoms with van der Waals surface area (Å²) >= 11 is 0. The Morgan fingerprint density at radius 3 is 2.96 bits per heavy atom. The molecular weight excluding hydrogens is 328 g/mol. The zero-order chi connectivity index (χ0) is 16.2. The Labute approximate surface area is 144 Å². The van der Waals surface area contributed by atoms with Crippen LogP contribution in [0, 0.1) is 5.92 Å². The number of rotatable bonds is 7. The first-order chi connectivity index (χ1) is 11.1. The highest BCUT2D eigenvalue weighted by Gasteiger charge is 2.22. The minimum atomic E-state index is -0.228. The Morgan fingerprint density at radius 2 is 2.22 bits per heavy atom. The number of carbonyl (C=O) groups is 1. The zero-order valence-electron chi connectivity index (χ0n) is 13.6. The number of aromatic nitrogens is 1. The van der Waals surface area contributed by atoms with Gasteiger partial charge in [-0.15, -0.1) is 0 Å².